The van der Waals surface area contributed by atoms with Gasteiger partial charge in [0.05, 0.1) is 37.3 Å². The second-order valence-corrected chi connectivity index (χ2v) is 16.9. The highest BCUT2D eigenvalue weighted by Crippen LogP contribution is 2.41. The first kappa shape index (κ1) is 37.1. The third-order valence-corrected chi connectivity index (χ3v) is 12.5. The summed E-state index contributed by atoms with van der Waals surface area (Å²) in [5.74, 6) is 1.81. The number of aliphatic hydroxyl groups excluding tert-OH is 1. The highest BCUT2D eigenvalue weighted by Gasteiger charge is 2.35. The predicted molar refractivity (Wildman–Crippen MR) is 190 cm³/mol. The van der Waals surface area contributed by atoms with Gasteiger partial charge < -0.3 is 19.6 Å². The van der Waals surface area contributed by atoms with Crippen molar-refractivity contribution < 1.29 is 31.4 Å². The van der Waals surface area contributed by atoms with Gasteiger partial charge in [-0.1, -0.05) is 30.7 Å². The summed E-state index contributed by atoms with van der Waals surface area (Å²) in [5.41, 5.74) is 2.99. The number of benzene rings is 2. The summed E-state index contributed by atoms with van der Waals surface area (Å²) < 4.78 is 76.3. The summed E-state index contributed by atoms with van der Waals surface area (Å²) in [4.78, 5) is 4.70. The van der Waals surface area contributed by atoms with Crippen LogP contribution in [0.15, 0.2) is 47.4 Å². The molecule has 2 fully saturated rings. The summed E-state index contributed by atoms with van der Waals surface area (Å²) in [6.45, 7) is 5.32. The van der Waals surface area contributed by atoms with Crippen molar-refractivity contribution in [2.45, 2.75) is 74.7 Å². The number of para-hydroxylation sites is 1. The zero-order valence-electron chi connectivity index (χ0n) is 28.9. The largest absolute Gasteiger partial charge is 0.496 e. The number of nitrogens with zero attached hydrogens (tertiary/aromatic N) is 5. The van der Waals surface area contributed by atoms with Crippen molar-refractivity contribution in [3.05, 3.63) is 64.8 Å². The van der Waals surface area contributed by atoms with Gasteiger partial charge in [-0.15, -0.1) is 11.8 Å². The van der Waals surface area contributed by atoms with Crippen molar-refractivity contribution in [3.63, 3.8) is 0 Å². The minimum absolute atomic E-state index is 0.0779. The van der Waals surface area contributed by atoms with Crippen LogP contribution in [0, 0.1) is 0 Å². The predicted octanol–water partition coefficient (Wildman–Crippen LogP) is 5.71. The highest BCUT2D eigenvalue weighted by atomic mass is 32.2. The number of hydrogen-bond donors (Lipinski definition) is 1. The molecule has 4 heterocycles. The summed E-state index contributed by atoms with van der Waals surface area (Å²) in [6, 6.07) is 12.2. The molecule has 3 aliphatic rings. The molecule has 0 aliphatic carbocycles. The van der Waals surface area contributed by atoms with Gasteiger partial charge in [-0.3, -0.25) is 4.68 Å². The van der Waals surface area contributed by atoms with E-state index in [0.717, 1.165) is 82.2 Å². The summed E-state index contributed by atoms with van der Waals surface area (Å²) in [7, 11) is -1.82. The molecule has 3 aromatic rings. The number of aliphatic hydroxyl groups is 1. The quantitative estimate of drug-likeness (QED) is 0.237. The molecule has 0 spiro atoms. The van der Waals surface area contributed by atoms with E-state index in [-0.39, 0.29) is 24.5 Å². The molecule has 6 rings (SSSR count). The van der Waals surface area contributed by atoms with Crippen LogP contribution in [0.1, 0.15) is 60.4 Å². The lowest BCUT2D eigenvalue weighted by atomic mass is 9.88. The molecule has 3 aliphatic heterocycles. The van der Waals surface area contributed by atoms with Gasteiger partial charge in [-0.05, 0) is 81.5 Å². The van der Waals surface area contributed by atoms with Gasteiger partial charge >= 0.3 is 6.18 Å². The first-order valence-electron chi connectivity index (χ1n) is 17.5. The van der Waals surface area contributed by atoms with Crippen molar-refractivity contribution >= 4 is 21.8 Å². The van der Waals surface area contributed by atoms with E-state index in [0.29, 0.717) is 41.5 Å². The number of likely N-dealkylation sites (tertiary alicyclic amines) is 2. The molecule has 1 aromatic heterocycles. The first-order valence-corrected chi connectivity index (χ1v) is 20.4. The molecule has 14 heteroatoms. The maximum absolute atomic E-state index is 14.1. The maximum atomic E-state index is 14.1. The maximum Gasteiger partial charge on any atom is 0.417 e. The van der Waals surface area contributed by atoms with E-state index in [9.17, 15) is 26.7 Å². The standard InChI is InChI=1S/C36H48F3N5O4S2/c1-48-33-9-5-4-8-29(33)26-12-17-42(18-13-26)23-28(45)24-44-32-14-19-43(50(2,46)47)25-30(32)35(40-44)27-10-11-31(36(37,38)39)34(22-27)49-21-20-41-15-6-3-7-16-41/h4-5,8-11,22,26,28,45H,3,6-7,12-21,23-25H2,1-2H3. The second kappa shape index (κ2) is 16.0. The Morgan fingerprint density at radius 1 is 1.00 bits per heavy atom. The van der Waals surface area contributed by atoms with Crippen molar-refractivity contribution in [2.24, 2.45) is 0 Å². The molecule has 1 N–H and O–H groups in total. The van der Waals surface area contributed by atoms with Gasteiger partial charge in [0.25, 0.3) is 0 Å². The van der Waals surface area contributed by atoms with Crippen LogP contribution in [0.2, 0.25) is 0 Å². The van der Waals surface area contributed by atoms with Crippen molar-refractivity contribution in [1.82, 2.24) is 23.9 Å². The van der Waals surface area contributed by atoms with Gasteiger partial charge in [0.2, 0.25) is 10.0 Å². The van der Waals surface area contributed by atoms with Crippen LogP contribution < -0.4 is 4.74 Å². The zero-order valence-corrected chi connectivity index (χ0v) is 30.5. The normalized spacial score (nSPS) is 19.4. The fourth-order valence-corrected chi connectivity index (χ4v) is 9.51. The number of halogens is 3. The van der Waals surface area contributed by atoms with Crippen LogP contribution in [-0.4, -0.2) is 108 Å². The summed E-state index contributed by atoms with van der Waals surface area (Å²) in [6.07, 6.45) is 1.62. The van der Waals surface area contributed by atoms with Crippen LogP contribution >= 0.6 is 11.8 Å². The van der Waals surface area contributed by atoms with Gasteiger partial charge in [0.1, 0.15) is 5.75 Å². The molecular formula is C36H48F3N5O4S2. The molecule has 0 amide bonds. The Balaban J connectivity index is 1.20. The molecule has 0 saturated carbocycles. The molecule has 2 aromatic carbocycles. The number of rotatable bonds is 12. The minimum atomic E-state index is -4.51. The van der Waals surface area contributed by atoms with E-state index in [1.165, 1.54) is 34.1 Å². The number of alkyl halides is 3. The molecule has 50 heavy (non-hydrogen) atoms. The van der Waals surface area contributed by atoms with E-state index in [2.05, 4.69) is 15.9 Å². The van der Waals surface area contributed by atoms with Crippen LogP contribution in [0.4, 0.5) is 13.2 Å². The number of methoxy groups -OCH3 is 1. The summed E-state index contributed by atoms with van der Waals surface area (Å²) >= 11 is 1.20. The van der Waals surface area contributed by atoms with Crippen LogP contribution in [0.25, 0.3) is 11.3 Å². The summed E-state index contributed by atoms with van der Waals surface area (Å²) in [5, 5.41) is 16.2. The molecular weight excluding hydrogens is 688 g/mol. The van der Waals surface area contributed by atoms with Gasteiger partial charge in [0.15, 0.2) is 0 Å². The monoisotopic (exact) mass is 735 g/mol. The van der Waals surface area contributed by atoms with Gasteiger partial charge in [-0.25, -0.2) is 8.42 Å². The smallest absolute Gasteiger partial charge is 0.417 e. The third kappa shape index (κ3) is 8.87. The van der Waals surface area contributed by atoms with Crippen LogP contribution in [0.3, 0.4) is 0 Å². The molecule has 1 unspecified atom stereocenters. The number of β-amino-alcohol motifs (C(OH)–C–C–N with tert-alkyl or cyclic N) is 1. The Labute approximate surface area is 297 Å². The molecule has 274 valence electrons. The fraction of sp³-hybridized carbons (Fsp3) is 0.583. The molecule has 0 radical (unpaired) electrons. The lowest BCUT2D eigenvalue weighted by molar-refractivity contribution is -0.139. The molecule has 2 saturated heterocycles. The Kier molecular flexibility index (Phi) is 11.9. The van der Waals surface area contributed by atoms with E-state index in [4.69, 9.17) is 9.84 Å². The number of sulfonamides is 1. The van der Waals surface area contributed by atoms with E-state index in [1.807, 2.05) is 18.2 Å². The van der Waals surface area contributed by atoms with Gasteiger partial charge in [-0.2, -0.15) is 22.6 Å². The highest BCUT2D eigenvalue weighted by molar-refractivity contribution is 7.99. The first-order chi connectivity index (χ1) is 23.9. The molecule has 0 bridgehead atoms. The van der Waals surface area contributed by atoms with E-state index in [1.54, 1.807) is 17.9 Å². The number of aromatic nitrogens is 2. The van der Waals surface area contributed by atoms with Crippen molar-refractivity contribution in [2.75, 3.05) is 64.9 Å². The number of hydrogen-bond acceptors (Lipinski definition) is 8. The second-order valence-electron chi connectivity index (χ2n) is 13.7. The number of piperidine rings is 2. The number of thioether (sulfide) groups is 1. The Hall–Kier alpha value is -2.62. The molecule has 1 atom stereocenters. The zero-order chi connectivity index (χ0) is 35.5. The number of fused-ring (bicyclic) bond motifs is 1. The van der Waals surface area contributed by atoms with E-state index < -0.39 is 27.9 Å². The Morgan fingerprint density at radius 3 is 2.44 bits per heavy atom. The SMILES string of the molecule is COc1ccccc1C1CCN(CC(O)Cn2nc(-c3ccc(C(F)(F)F)c(SCCN4CCCCC4)c3)c3c2CCN(S(C)(=O)=O)C3)CC1. The van der Waals surface area contributed by atoms with E-state index >= 15 is 0 Å². The average molecular weight is 736 g/mol. The third-order valence-electron chi connectivity index (χ3n) is 10.3. The Morgan fingerprint density at radius 2 is 1.74 bits per heavy atom. The molecule has 9 nitrogen and oxygen atoms in total. The van der Waals surface area contributed by atoms with Gasteiger partial charge in [0, 0.05) is 60.1 Å². The Bertz CT molecular complexity index is 1720. The average Bonchev–Trinajstić information content (AvgIpc) is 3.45. The van der Waals surface area contributed by atoms with Crippen molar-refractivity contribution in [1.29, 1.82) is 0 Å². The minimum Gasteiger partial charge on any atom is -0.496 e. The van der Waals surface area contributed by atoms with Crippen LogP contribution in [0.5, 0.6) is 5.75 Å². The topological polar surface area (TPSA) is 91.1 Å². The lowest BCUT2D eigenvalue weighted by Crippen LogP contribution is -2.40. The fourth-order valence-electron chi connectivity index (χ4n) is 7.61. The number of ether oxygens (including phenoxy) is 1. The lowest BCUT2D eigenvalue weighted by Gasteiger charge is -2.34. The van der Waals surface area contributed by atoms with Crippen LogP contribution in [-0.2, 0) is 35.7 Å². The van der Waals surface area contributed by atoms with Crippen molar-refractivity contribution in [3.8, 4) is 17.0 Å².